The molecule has 2 rings (SSSR count). The van der Waals surface area contributed by atoms with Gasteiger partial charge < -0.3 is 19.4 Å². The van der Waals surface area contributed by atoms with Gasteiger partial charge in [0.1, 0.15) is 5.75 Å². The molecule has 0 atom stereocenters. The Labute approximate surface area is 157 Å². The lowest BCUT2D eigenvalue weighted by molar-refractivity contribution is -0.274. The van der Waals surface area contributed by atoms with Crippen LogP contribution in [0.4, 0.5) is 13.2 Å². The van der Waals surface area contributed by atoms with Gasteiger partial charge >= 0.3 is 13.5 Å². The largest absolute Gasteiger partial charge is 0.573 e. The third kappa shape index (κ3) is 5.38. The molecule has 0 unspecified atom stereocenters. The minimum Gasteiger partial charge on any atom is -0.406 e. The molecule has 1 aliphatic heterocycles. The van der Waals surface area contributed by atoms with Crippen molar-refractivity contribution in [3.05, 3.63) is 23.8 Å². The Balaban J connectivity index is 2.43. The number of nitrogens with one attached hydrogen (secondary N) is 1. The van der Waals surface area contributed by atoms with Crippen molar-refractivity contribution in [2.75, 3.05) is 0 Å². The molecule has 0 spiro atoms. The Hall–Kier alpha value is -1.74. The first-order valence-electron chi connectivity index (χ1n) is 8.58. The molecule has 150 valence electrons. The molecule has 1 saturated heterocycles. The van der Waals surface area contributed by atoms with Crippen molar-refractivity contribution < 1.29 is 32.0 Å². The molecule has 0 saturated carbocycles. The normalized spacial score (nSPS) is 19.1. The van der Waals surface area contributed by atoms with Gasteiger partial charge in [0.25, 0.3) is 5.91 Å². The number of carbonyl (C=O) groups excluding carboxylic acids is 1. The van der Waals surface area contributed by atoms with E-state index >= 15 is 0 Å². The lowest BCUT2D eigenvalue weighted by Crippen LogP contribution is -2.41. The number of hydrogen-bond acceptors (Lipinski definition) is 4. The zero-order valence-electron chi connectivity index (χ0n) is 16.6. The summed E-state index contributed by atoms with van der Waals surface area (Å²) in [6.45, 7) is 12.6. The van der Waals surface area contributed by atoms with Gasteiger partial charge in [-0.15, -0.1) is 13.2 Å². The molecule has 0 aromatic heterocycles. The van der Waals surface area contributed by atoms with Crippen LogP contribution in [0.15, 0.2) is 18.2 Å². The smallest absolute Gasteiger partial charge is 0.406 e. The lowest BCUT2D eigenvalue weighted by atomic mass is 9.78. The van der Waals surface area contributed by atoms with Crippen LogP contribution in [0, 0.1) is 0 Å². The Morgan fingerprint density at radius 1 is 1.04 bits per heavy atom. The summed E-state index contributed by atoms with van der Waals surface area (Å²) < 4.78 is 53.9. The Kier molecular flexibility index (Phi) is 5.35. The zero-order valence-corrected chi connectivity index (χ0v) is 16.6. The predicted octanol–water partition coefficient (Wildman–Crippen LogP) is 3.41. The van der Waals surface area contributed by atoms with Crippen molar-refractivity contribution in [2.45, 2.75) is 71.6 Å². The molecule has 1 N–H and O–H groups in total. The summed E-state index contributed by atoms with van der Waals surface area (Å²) in [7, 11) is -0.923. The van der Waals surface area contributed by atoms with Crippen LogP contribution in [0.3, 0.4) is 0 Å². The Bertz CT molecular complexity index is 710. The van der Waals surface area contributed by atoms with E-state index in [9.17, 15) is 18.0 Å². The molecule has 27 heavy (non-hydrogen) atoms. The van der Waals surface area contributed by atoms with Crippen LogP contribution in [0.5, 0.6) is 5.75 Å². The van der Waals surface area contributed by atoms with Crippen molar-refractivity contribution in [3.8, 4) is 5.75 Å². The van der Waals surface area contributed by atoms with E-state index in [0.29, 0.717) is 0 Å². The van der Waals surface area contributed by atoms with E-state index in [1.165, 1.54) is 12.1 Å². The second-order valence-electron chi connectivity index (χ2n) is 8.63. The van der Waals surface area contributed by atoms with E-state index in [4.69, 9.17) is 9.31 Å². The van der Waals surface area contributed by atoms with E-state index in [1.54, 1.807) is 20.8 Å². The SMILES string of the molecule is CC(C)(C)NC(=O)c1cc(OC(F)(F)F)cc(B2OC(C)(C)C(C)(C)O2)c1. The fourth-order valence-corrected chi connectivity index (χ4v) is 2.47. The highest BCUT2D eigenvalue weighted by Gasteiger charge is 2.52. The van der Waals surface area contributed by atoms with Crippen LogP contribution in [-0.4, -0.2) is 36.1 Å². The highest BCUT2D eigenvalue weighted by molar-refractivity contribution is 6.62. The van der Waals surface area contributed by atoms with Crippen LogP contribution in [-0.2, 0) is 9.31 Å². The number of ether oxygens (including phenoxy) is 1. The predicted molar refractivity (Wildman–Crippen MR) is 96.1 cm³/mol. The quantitative estimate of drug-likeness (QED) is 0.808. The number of halogens is 3. The second kappa shape index (κ2) is 6.70. The van der Waals surface area contributed by atoms with Gasteiger partial charge in [-0.3, -0.25) is 4.79 Å². The van der Waals surface area contributed by atoms with Crippen LogP contribution in [0.2, 0.25) is 0 Å². The van der Waals surface area contributed by atoms with Crippen molar-refractivity contribution in [1.82, 2.24) is 5.32 Å². The van der Waals surface area contributed by atoms with Gasteiger partial charge in [-0.05, 0) is 72.1 Å². The second-order valence-corrected chi connectivity index (χ2v) is 8.63. The van der Waals surface area contributed by atoms with Gasteiger partial charge in [0.05, 0.1) is 11.2 Å². The average molecular weight is 387 g/mol. The minimum atomic E-state index is -4.88. The summed E-state index contributed by atoms with van der Waals surface area (Å²) in [5.74, 6) is -1.03. The number of amides is 1. The average Bonchev–Trinajstić information content (AvgIpc) is 2.63. The zero-order chi connectivity index (χ0) is 20.8. The van der Waals surface area contributed by atoms with E-state index in [-0.39, 0.29) is 11.0 Å². The van der Waals surface area contributed by atoms with E-state index in [0.717, 1.165) is 6.07 Å². The molecule has 1 aliphatic rings. The first-order valence-corrected chi connectivity index (χ1v) is 8.58. The summed E-state index contributed by atoms with van der Waals surface area (Å²) in [5, 5.41) is 2.72. The molecule has 0 radical (unpaired) electrons. The first-order chi connectivity index (χ1) is 12.0. The topological polar surface area (TPSA) is 56.8 Å². The monoisotopic (exact) mass is 387 g/mol. The van der Waals surface area contributed by atoms with Gasteiger partial charge in [-0.2, -0.15) is 0 Å². The highest BCUT2D eigenvalue weighted by Crippen LogP contribution is 2.37. The van der Waals surface area contributed by atoms with Crippen molar-refractivity contribution in [3.63, 3.8) is 0 Å². The molecule has 9 heteroatoms. The van der Waals surface area contributed by atoms with E-state index in [2.05, 4.69) is 10.1 Å². The number of rotatable bonds is 3. The highest BCUT2D eigenvalue weighted by atomic mass is 19.4. The molecule has 1 heterocycles. The van der Waals surface area contributed by atoms with Gasteiger partial charge in [0.2, 0.25) is 0 Å². The first kappa shape index (κ1) is 21.6. The number of alkyl halides is 3. The summed E-state index contributed by atoms with van der Waals surface area (Å²) in [5.41, 5.74) is -1.60. The van der Waals surface area contributed by atoms with E-state index in [1.807, 2.05) is 27.7 Å². The molecule has 5 nitrogen and oxygen atoms in total. The van der Waals surface area contributed by atoms with Gasteiger partial charge in [-0.25, -0.2) is 0 Å². The molecule has 1 amide bonds. The molecular weight excluding hydrogens is 362 g/mol. The molecule has 0 bridgehead atoms. The maximum atomic E-state index is 12.7. The minimum absolute atomic E-state index is 0.0244. The molecular formula is C18H25BF3NO4. The van der Waals surface area contributed by atoms with Crippen molar-refractivity contribution >= 4 is 18.5 Å². The Morgan fingerprint density at radius 3 is 2.00 bits per heavy atom. The van der Waals surface area contributed by atoms with Crippen LogP contribution >= 0.6 is 0 Å². The standard InChI is InChI=1S/C18H25BF3NO4/c1-15(2,3)23-14(24)11-8-12(10-13(9-11)25-18(20,21)22)19-26-16(4,5)17(6,7)27-19/h8-10H,1-7H3,(H,23,24). The van der Waals surface area contributed by atoms with Crippen LogP contribution in [0.1, 0.15) is 58.8 Å². The van der Waals surface area contributed by atoms with Crippen LogP contribution in [0.25, 0.3) is 0 Å². The molecule has 0 aliphatic carbocycles. The third-order valence-electron chi connectivity index (χ3n) is 4.44. The third-order valence-corrected chi connectivity index (χ3v) is 4.44. The van der Waals surface area contributed by atoms with Crippen molar-refractivity contribution in [2.24, 2.45) is 0 Å². The fourth-order valence-electron chi connectivity index (χ4n) is 2.47. The summed E-state index contributed by atoms with van der Waals surface area (Å²) in [6.07, 6.45) is -4.88. The summed E-state index contributed by atoms with van der Waals surface area (Å²) in [4.78, 5) is 12.5. The maximum absolute atomic E-state index is 12.7. The van der Waals surface area contributed by atoms with Gasteiger partial charge in [-0.1, -0.05) is 0 Å². The van der Waals surface area contributed by atoms with Gasteiger partial charge in [0, 0.05) is 11.1 Å². The summed E-state index contributed by atoms with van der Waals surface area (Å²) in [6, 6.07) is 3.67. The summed E-state index contributed by atoms with van der Waals surface area (Å²) >= 11 is 0. The fraction of sp³-hybridized carbons (Fsp3) is 0.611. The van der Waals surface area contributed by atoms with Gasteiger partial charge in [0.15, 0.2) is 0 Å². The van der Waals surface area contributed by atoms with E-state index < -0.39 is 41.9 Å². The van der Waals surface area contributed by atoms with Crippen LogP contribution < -0.4 is 15.5 Å². The lowest BCUT2D eigenvalue weighted by Gasteiger charge is -2.32. The molecule has 1 fully saturated rings. The maximum Gasteiger partial charge on any atom is 0.573 e. The number of benzene rings is 1. The molecule has 1 aromatic rings. The van der Waals surface area contributed by atoms with Crippen molar-refractivity contribution in [1.29, 1.82) is 0 Å². The molecule has 1 aromatic carbocycles. The Morgan fingerprint density at radius 2 is 1.56 bits per heavy atom. The number of carbonyl (C=O) groups is 1. The number of hydrogen-bond donors (Lipinski definition) is 1.